The number of furan rings is 1. The first-order chi connectivity index (χ1) is 7.99. The third-order valence-electron chi connectivity index (χ3n) is 2.86. The molecule has 3 heteroatoms. The highest BCUT2D eigenvalue weighted by Gasteiger charge is 2.12. The Kier molecular flexibility index (Phi) is 5.72. The van der Waals surface area contributed by atoms with Crippen LogP contribution in [-0.4, -0.2) is 31.6 Å². The van der Waals surface area contributed by atoms with Gasteiger partial charge >= 0.3 is 0 Å². The van der Waals surface area contributed by atoms with E-state index in [0.717, 1.165) is 18.8 Å². The molecule has 0 saturated heterocycles. The fourth-order valence-corrected chi connectivity index (χ4v) is 2.05. The minimum absolute atomic E-state index is 0.523. The molecule has 0 aliphatic heterocycles. The molecule has 0 aromatic carbocycles. The number of rotatable bonds is 7. The first-order valence-electron chi connectivity index (χ1n) is 6.40. The predicted octanol–water partition coefficient (Wildman–Crippen LogP) is 2.65. The molecule has 17 heavy (non-hydrogen) atoms. The van der Waals surface area contributed by atoms with Crippen molar-refractivity contribution in [1.29, 1.82) is 0 Å². The fraction of sp³-hybridized carbons (Fsp3) is 0.714. The Hall–Kier alpha value is -0.800. The van der Waals surface area contributed by atoms with Crippen LogP contribution in [0.4, 0.5) is 0 Å². The topological polar surface area (TPSA) is 28.4 Å². The van der Waals surface area contributed by atoms with Crippen LogP contribution in [0, 0.1) is 12.8 Å². The Labute approximate surface area is 105 Å². The molecule has 0 amide bonds. The maximum absolute atomic E-state index is 5.45. The van der Waals surface area contributed by atoms with E-state index >= 15 is 0 Å². The highest BCUT2D eigenvalue weighted by molar-refractivity contribution is 5.14. The molecule has 1 aromatic heterocycles. The van der Waals surface area contributed by atoms with Gasteiger partial charge in [-0.15, -0.1) is 0 Å². The Bertz CT molecular complexity index is 308. The molecule has 0 aliphatic carbocycles. The molecule has 1 rings (SSSR count). The summed E-state index contributed by atoms with van der Waals surface area (Å²) in [7, 11) is 4.24. The largest absolute Gasteiger partial charge is 0.468 e. The van der Waals surface area contributed by atoms with Gasteiger partial charge in [-0.3, -0.25) is 0 Å². The minimum atomic E-state index is 0.523. The number of hydrogen-bond donors (Lipinski definition) is 1. The second kappa shape index (κ2) is 6.82. The minimum Gasteiger partial charge on any atom is -0.468 e. The lowest BCUT2D eigenvalue weighted by Gasteiger charge is -2.23. The summed E-state index contributed by atoms with van der Waals surface area (Å²) in [6.45, 7) is 8.51. The lowest BCUT2D eigenvalue weighted by atomic mass is 10.0. The van der Waals surface area contributed by atoms with Crippen molar-refractivity contribution in [2.45, 2.75) is 39.8 Å². The first-order valence-corrected chi connectivity index (χ1v) is 6.40. The van der Waals surface area contributed by atoms with E-state index in [-0.39, 0.29) is 0 Å². The standard InChI is InChI=1S/C14H26N2O/c1-11(2)8-13(10-16(4)5)15-9-14-12(3)6-7-17-14/h6-7,11,13,15H,8-10H2,1-5H3. The van der Waals surface area contributed by atoms with Crippen LogP contribution >= 0.6 is 0 Å². The molecule has 0 radical (unpaired) electrons. The van der Waals surface area contributed by atoms with E-state index in [1.54, 1.807) is 6.26 Å². The van der Waals surface area contributed by atoms with Crippen molar-refractivity contribution in [3.05, 3.63) is 23.7 Å². The fourth-order valence-electron chi connectivity index (χ4n) is 2.05. The second-order valence-corrected chi connectivity index (χ2v) is 5.50. The summed E-state index contributed by atoms with van der Waals surface area (Å²) in [6.07, 6.45) is 2.95. The zero-order chi connectivity index (χ0) is 12.8. The Morgan fingerprint density at radius 1 is 1.35 bits per heavy atom. The number of nitrogens with zero attached hydrogens (tertiary/aromatic N) is 1. The molecule has 1 aromatic rings. The molecule has 1 N–H and O–H groups in total. The zero-order valence-electron chi connectivity index (χ0n) is 11.8. The van der Waals surface area contributed by atoms with E-state index in [1.807, 2.05) is 6.07 Å². The maximum atomic E-state index is 5.45. The van der Waals surface area contributed by atoms with Crippen LogP contribution in [0.2, 0.25) is 0 Å². The molecule has 0 saturated carbocycles. The summed E-state index contributed by atoms with van der Waals surface area (Å²) in [6, 6.07) is 2.54. The van der Waals surface area contributed by atoms with Crippen molar-refractivity contribution in [3.63, 3.8) is 0 Å². The van der Waals surface area contributed by atoms with Gasteiger partial charge in [-0.25, -0.2) is 0 Å². The lowest BCUT2D eigenvalue weighted by molar-refractivity contribution is 0.298. The van der Waals surface area contributed by atoms with E-state index < -0.39 is 0 Å². The van der Waals surface area contributed by atoms with Gasteiger partial charge in [0.2, 0.25) is 0 Å². The van der Waals surface area contributed by atoms with Crippen molar-refractivity contribution in [2.75, 3.05) is 20.6 Å². The van der Waals surface area contributed by atoms with E-state index in [0.29, 0.717) is 12.0 Å². The summed E-state index contributed by atoms with van der Waals surface area (Å²) in [5.41, 5.74) is 1.23. The summed E-state index contributed by atoms with van der Waals surface area (Å²) in [4.78, 5) is 2.23. The van der Waals surface area contributed by atoms with Crippen molar-refractivity contribution < 1.29 is 4.42 Å². The van der Waals surface area contributed by atoms with Gasteiger partial charge in [0.05, 0.1) is 12.8 Å². The SMILES string of the molecule is Cc1ccoc1CNC(CC(C)C)CN(C)C. The van der Waals surface area contributed by atoms with Gasteiger partial charge in [-0.05, 0) is 45.0 Å². The maximum Gasteiger partial charge on any atom is 0.120 e. The summed E-state index contributed by atoms with van der Waals surface area (Å²) >= 11 is 0. The van der Waals surface area contributed by atoms with Gasteiger partial charge in [0.25, 0.3) is 0 Å². The molecule has 0 spiro atoms. The Balaban J connectivity index is 2.45. The highest BCUT2D eigenvalue weighted by atomic mass is 16.3. The number of nitrogens with one attached hydrogen (secondary N) is 1. The number of likely N-dealkylation sites (N-methyl/N-ethyl adjacent to an activating group) is 1. The summed E-state index contributed by atoms with van der Waals surface area (Å²) in [5.74, 6) is 1.77. The molecule has 1 heterocycles. The van der Waals surface area contributed by atoms with Crippen LogP contribution in [-0.2, 0) is 6.54 Å². The van der Waals surface area contributed by atoms with Gasteiger partial charge in [-0.2, -0.15) is 0 Å². The van der Waals surface area contributed by atoms with Crippen molar-refractivity contribution in [1.82, 2.24) is 10.2 Å². The zero-order valence-corrected chi connectivity index (χ0v) is 11.8. The van der Waals surface area contributed by atoms with E-state index in [2.05, 4.69) is 45.1 Å². The Morgan fingerprint density at radius 2 is 2.06 bits per heavy atom. The van der Waals surface area contributed by atoms with Crippen LogP contribution in [0.25, 0.3) is 0 Å². The van der Waals surface area contributed by atoms with Crippen LogP contribution in [0.3, 0.4) is 0 Å². The van der Waals surface area contributed by atoms with Gasteiger partial charge in [0.1, 0.15) is 5.76 Å². The van der Waals surface area contributed by atoms with Crippen LogP contribution in [0.5, 0.6) is 0 Å². The first kappa shape index (κ1) is 14.3. The quantitative estimate of drug-likeness (QED) is 0.791. The van der Waals surface area contributed by atoms with Crippen molar-refractivity contribution in [2.24, 2.45) is 5.92 Å². The predicted molar refractivity (Wildman–Crippen MR) is 72.1 cm³/mol. The molecule has 1 atom stereocenters. The third kappa shape index (κ3) is 5.37. The molecule has 3 nitrogen and oxygen atoms in total. The molecule has 1 unspecified atom stereocenters. The average Bonchev–Trinajstić information content (AvgIpc) is 2.59. The van der Waals surface area contributed by atoms with Crippen LogP contribution in [0.1, 0.15) is 31.6 Å². The Morgan fingerprint density at radius 3 is 2.53 bits per heavy atom. The average molecular weight is 238 g/mol. The number of aryl methyl sites for hydroxylation is 1. The van der Waals surface area contributed by atoms with Gasteiger partial charge < -0.3 is 14.6 Å². The molecule has 0 bridgehead atoms. The molecule has 98 valence electrons. The van der Waals surface area contributed by atoms with Crippen molar-refractivity contribution >= 4 is 0 Å². The molecular formula is C14H26N2O. The third-order valence-corrected chi connectivity index (χ3v) is 2.86. The molecular weight excluding hydrogens is 212 g/mol. The van der Waals surface area contributed by atoms with Crippen LogP contribution in [0.15, 0.2) is 16.7 Å². The smallest absolute Gasteiger partial charge is 0.120 e. The highest BCUT2D eigenvalue weighted by Crippen LogP contribution is 2.10. The van der Waals surface area contributed by atoms with Gasteiger partial charge in [-0.1, -0.05) is 13.8 Å². The summed E-state index contributed by atoms with van der Waals surface area (Å²) < 4.78 is 5.45. The second-order valence-electron chi connectivity index (χ2n) is 5.50. The van der Waals surface area contributed by atoms with Crippen molar-refractivity contribution in [3.8, 4) is 0 Å². The van der Waals surface area contributed by atoms with E-state index in [4.69, 9.17) is 4.42 Å². The van der Waals surface area contributed by atoms with E-state index in [1.165, 1.54) is 12.0 Å². The number of hydrogen-bond acceptors (Lipinski definition) is 3. The van der Waals surface area contributed by atoms with Gasteiger partial charge in [0, 0.05) is 12.6 Å². The normalized spacial score (nSPS) is 13.6. The summed E-state index contributed by atoms with van der Waals surface area (Å²) in [5, 5.41) is 3.59. The molecule has 0 aliphatic rings. The van der Waals surface area contributed by atoms with Crippen LogP contribution < -0.4 is 5.32 Å². The van der Waals surface area contributed by atoms with E-state index in [9.17, 15) is 0 Å². The lowest BCUT2D eigenvalue weighted by Crippen LogP contribution is -2.38. The monoisotopic (exact) mass is 238 g/mol. The van der Waals surface area contributed by atoms with Gasteiger partial charge in [0.15, 0.2) is 0 Å². The molecule has 0 fully saturated rings.